The van der Waals surface area contributed by atoms with E-state index in [0.717, 1.165) is 29.5 Å². The van der Waals surface area contributed by atoms with Crippen LogP contribution in [0.15, 0.2) is 64.8 Å². The molecule has 1 aliphatic rings. The maximum absolute atomic E-state index is 13.3. The van der Waals surface area contributed by atoms with Gasteiger partial charge >= 0.3 is 0 Å². The molecule has 0 bridgehead atoms. The van der Waals surface area contributed by atoms with Crippen LogP contribution in [0.25, 0.3) is 11.0 Å². The van der Waals surface area contributed by atoms with Crippen molar-refractivity contribution >= 4 is 37.0 Å². The molecule has 194 valence electrons. The maximum atomic E-state index is 13.3. The van der Waals surface area contributed by atoms with Gasteiger partial charge in [0.05, 0.1) is 15.2 Å². The van der Waals surface area contributed by atoms with Crippen LogP contribution in [0.5, 0.6) is 0 Å². The molecular weight excluding hydrogens is 512 g/mol. The summed E-state index contributed by atoms with van der Waals surface area (Å²) in [5.74, 6) is 0.768. The van der Waals surface area contributed by atoms with Crippen LogP contribution in [0.2, 0.25) is 0 Å². The highest BCUT2D eigenvalue weighted by atomic mass is 32.2. The Morgan fingerprint density at radius 1 is 0.946 bits per heavy atom. The van der Waals surface area contributed by atoms with Crippen molar-refractivity contribution in [1.82, 2.24) is 13.9 Å². The van der Waals surface area contributed by atoms with E-state index in [1.165, 1.54) is 22.6 Å². The highest BCUT2D eigenvalue weighted by Gasteiger charge is 2.37. The molecule has 1 N–H and O–H groups in total. The zero-order valence-electron chi connectivity index (χ0n) is 21.0. The standard InChI is InChI=1S/C26H28N4O5S2/c1-16-5-8-21(9-6-16)36(31,32)30-12-11-22-25(27-15-28-26(22)30)29(4)20-13-19(14-20)24-17(2)7-10-23(18(24)3)37(33,34)35/h5-12,15,19-20H,13-14H2,1-4H3,(H,33,34,35)/t19-,20+. The lowest BCUT2D eigenvalue weighted by Crippen LogP contribution is -2.42. The SMILES string of the molecule is Cc1ccc(S(=O)(=O)n2ccc3c(N(C)[C@H]4C[C@@H](c5c(C)ccc(S(=O)(=O)O)c5C)C4)ncnc32)cc1. The number of aryl methyl sites for hydroxylation is 2. The van der Waals surface area contributed by atoms with Crippen LogP contribution in [-0.2, 0) is 20.1 Å². The summed E-state index contributed by atoms with van der Waals surface area (Å²) in [5.41, 5.74) is 3.79. The number of aromatic nitrogens is 3. The summed E-state index contributed by atoms with van der Waals surface area (Å²) in [5, 5.41) is 0.630. The Labute approximate surface area is 216 Å². The first-order valence-corrected chi connectivity index (χ1v) is 14.7. The summed E-state index contributed by atoms with van der Waals surface area (Å²) in [7, 11) is -6.20. The molecule has 0 spiro atoms. The van der Waals surface area contributed by atoms with E-state index >= 15 is 0 Å². The molecule has 0 atom stereocenters. The summed E-state index contributed by atoms with van der Waals surface area (Å²) in [6.45, 7) is 5.57. The second-order valence-corrected chi connectivity index (χ2v) is 12.9. The van der Waals surface area contributed by atoms with Crippen molar-refractivity contribution in [2.75, 3.05) is 11.9 Å². The van der Waals surface area contributed by atoms with Crippen LogP contribution >= 0.6 is 0 Å². The zero-order valence-corrected chi connectivity index (χ0v) is 22.6. The van der Waals surface area contributed by atoms with E-state index in [2.05, 4.69) is 9.97 Å². The smallest absolute Gasteiger partial charge is 0.294 e. The molecule has 11 heteroatoms. The number of hydrogen-bond acceptors (Lipinski definition) is 7. The predicted octanol–water partition coefficient (Wildman–Crippen LogP) is 4.22. The lowest BCUT2D eigenvalue weighted by Gasteiger charge is -2.43. The summed E-state index contributed by atoms with van der Waals surface area (Å²) >= 11 is 0. The van der Waals surface area contributed by atoms with Gasteiger partial charge in [-0.3, -0.25) is 4.55 Å². The summed E-state index contributed by atoms with van der Waals surface area (Å²) < 4.78 is 61.0. The minimum atomic E-state index is -4.30. The maximum Gasteiger partial charge on any atom is 0.294 e. The molecule has 0 unspecified atom stereocenters. The highest BCUT2D eigenvalue weighted by Crippen LogP contribution is 2.44. The molecule has 2 aromatic heterocycles. The van der Waals surface area contributed by atoms with Crippen molar-refractivity contribution in [3.63, 3.8) is 0 Å². The molecule has 0 saturated heterocycles. The number of fused-ring (bicyclic) bond motifs is 1. The average Bonchev–Trinajstić information content (AvgIpc) is 3.24. The quantitative estimate of drug-likeness (QED) is 0.361. The van der Waals surface area contributed by atoms with E-state index in [1.807, 2.05) is 25.8 Å². The van der Waals surface area contributed by atoms with E-state index in [4.69, 9.17) is 0 Å². The van der Waals surface area contributed by atoms with Gasteiger partial charge in [0.2, 0.25) is 0 Å². The van der Waals surface area contributed by atoms with E-state index < -0.39 is 20.1 Å². The van der Waals surface area contributed by atoms with E-state index in [9.17, 15) is 21.4 Å². The minimum Gasteiger partial charge on any atom is -0.356 e. The third kappa shape index (κ3) is 4.30. The monoisotopic (exact) mass is 540 g/mol. The van der Waals surface area contributed by atoms with Crippen LogP contribution in [0.3, 0.4) is 0 Å². The Hall–Kier alpha value is -3.28. The first-order chi connectivity index (χ1) is 17.4. The Morgan fingerprint density at radius 3 is 2.27 bits per heavy atom. The van der Waals surface area contributed by atoms with Gasteiger partial charge in [-0.1, -0.05) is 23.8 Å². The largest absolute Gasteiger partial charge is 0.356 e. The van der Waals surface area contributed by atoms with Gasteiger partial charge in [0.15, 0.2) is 5.65 Å². The van der Waals surface area contributed by atoms with Gasteiger partial charge in [0.25, 0.3) is 20.1 Å². The topological polar surface area (TPSA) is 122 Å². The fourth-order valence-electron chi connectivity index (χ4n) is 5.28. The molecule has 37 heavy (non-hydrogen) atoms. The first kappa shape index (κ1) is 25.4. The Bertz CT molecular complexity index is 1720. The van der Waals surface area contributed by atoms with Gasteiger partial charge in [0.1, 0.15) is 12.1 Å². The van der Waals surface area contributed by atoms with Crippen molar-refractivity contribution in [3.8, 4) is 0 Å². The van der Waals surface area contributed by atoms with E-state index in [0.29, 0.717) is 22.4 Å². The minimum absolute atomic E-state index is 0.0569. The van der Waals surface area contributed by atoms with Crippen LogP contribution < -0.4 is 4.90 Å². The third-order valence-electron chi connectivity index (χ3n) is 7.37. The summed E-state index contributed by atoms with van der Waals surface area (Å²) in [6, 6.07) is 11.7. The van der Waals surface area contributed by atoms with Crippen molar-refractivity contribution < 1.29 is 21.4 Å². The predicted molar refractivity (Wildman–Crippen MR) is 141 cm³/mol. The average molecular weight is 541 g/mol. The van der Waals surface area contributed by atoms with Gasteiger partial charge in [-0.15, -0.1) is 0 Å². The normalized spacial score (nSPS) is 18.1. The van der Waals surface area contributed by atoms with Gasteiger partial charge in [-0.05, 0) is 80.5 Å². The summed E-state index contributed by atoms with van der Waals surface area (Å²) in [4.78, 5) is 10.9. The fourth-order valence-corrected chi connectivity index (χ4v) is 7.32. The van der Waals surface area contributed by atoms with Gasteiger partial charge < -0.3 is 4.90 Å². The van der Waals surface area contributed by atoms with Crippen molar-refractivity contribution in [2.45, 2.75) is 55.4 Å². The fraction of sp³-hybridized carbons (Fsp3) is 0.308. The van der Waals surface area contributed by atoms with Gasteiger partial charge in [-0.25, -0.2) is 22.4 Å². The van der Waals surface area contributed by atoms with Crippen LogP contribution in [0, 0.1) is 20.8 Å². The second-order valence-electron chi connectivity index (χ2n) is 9.69. The molecule has 0 radical (unpaired) electrons. The number of hydrogen-bond donors (Lipinski definition) is 1. The summed E-state index contributed by atoms with van der Waals surface area (Å²) in [6.07, 6.45) is 4.40. The number of rotatable bonds is 6. The molecule has 9 nitrogen and oxygen atoms in total. The van der Waals surface area contributed by atoms with E-state index in [1.54, 1.807) is 43.3 Å². The second kappa shape index (κ2) is 8.93. The molecule has 1 fully saturated rings. The lowest BCUT2D eigenvalue weighted by molar-refractivity contribution is 0.336. The first-order valence-electron chi connectivity index (χ1n) is 11.8. The number of nitrogens with zero attached hydrogens (tertiary/aromatic N) is 4. The molecule has 2 aromatic carbocycles. The molecule has 0 aliphatic heterocycles. The Kier molecular flexibility index (Phi) is 6.12. The van der Waals surface area contributed by atoms with Crippen molar-refractivity contribution in [3.05, 3.63) is 77.2 Å². The number of anilines is 1. The lowest BCUT2D eigenvalue weighted by atomic mass is 9.72. The number of benzene rings is 2. The van der Waals surface area contributed by atoms with Gasteiger partial charge in [0, 0.05) is 19.3 Å². The third-order valence-corrected chi connectivity index (χ3v) is 10.0. The van der Waals surface area contributed by atoms with Crippen LogP contribution in [0.1, 0.15) is 41.0 Å². The van der Waals surface area contributed by atoms with Gasteiger partial charge in [-0.2, -0.15) is 8.42 Å². The molecule has 2 heterocycles. The zero-order chi connectivity index (χ0) is 26.7. The van der Waals surface area contributed by atoms with Crippen LogP contribution in [0.4, 0.5) is 5.82 Å². The molecular formula is C26H28N4O5S2. The Balaban J connectivity index is 1.43. The molecule has 1 saturated carbocycles. The molecule has 4 aromatic rings. The Morgan fingerprint density at radius 2 is 1.62 bits per heavy atom. The van der Waals surface area contributed by atoms with E-state index in [-0.39, 0.29) is 21.8 Å². The molecule has 0 amide bonds. The van der Waals surface area contributed by atoms with Crippen molar-refractivity contribution in [1.29, 1.82) is 0 Å². The van der Waals surface area contributed by atoms with Crippen LogP contribution in [-0.4, -0.2) is 48.4 Å². The highest BCUT2D eigenvalue weighted by molar-refractivity contribution is 7.90. The van der Waals surface area contributed by atoms with Crippen molar-refractivity contribution in [2.24, 2.45) is 0 Å². The molecule has 5 rings (SSSR count). The molecule has 1 aliphatic carbocycles.